The Hall–Kier alpha value is -3.28. The summed E-state index contributed by atoms with van der Waals surface area (Å²) < 4.78 is 0. The van der Waals surface area contributed by atoms with E-state index in [0.29, 0.717) is 13.1 Å². The molecule has 2 aromatic heterocycles. The van der Waals surface area contributed by atoms with E-state index in [1.54, 1.807) is 35.4 Å². The molecule has 0 unspecified atom stereocenters. The zero-order valence-corrected chi connectivity index (χ0v) is 16.2. The first kappa shape index (κ1) is 19.5. The van der Waals surface area contributed by atoms with Gasteiger partial charge >= 0.3 is 0 Å². The van der Waals surface area contributed by atoms with E-state index in [4.69, 9.17) is 0 Å². The largest absolute Gasteiger partial charge is 0.345 e. The van der Waals surface area contributed by atoms with Gasteiger partial charge in [-0.2, -0.15) is 0 Å². The first-order valence-corrected chi connectivity index (χ1v) is 9.31. The van der Waals surface area contributed by atoms with Gasteiger partial charge in [0.25, 0.3) is 0 Å². The van der Waals surface area contributed by atoms with Crippen LogP contribution in [0.4, 0.5) is 5.69 Å². The van der Waals surface area contributed by atoms with Crippen LogP contribution in [0.25, 0.3) is 10.9 Å². The van der Waals surface area contributed by atoms with Gasteiger partial charge in [0.2, 0.25) is 11.8 Å². The van der Waals surface area contributed by atoms with Crippen molar-refractivity contribution in [2.45, 2.75) is 19.8 Å². The van der Waals surface area contributed by atoms with Gasteiger partial charge in [-0.05, 0) is 36.2 Å². The normalized spacial score (nSPS) is 10.6. The number of carbonyl (C=O) groups is 2. The average molecular weight is 376 g/mol. The Bertz CT molecular complexity index is 954. The Kier molecular flexibility index (Phi) is 6.32. The minimum Gasteiger partial charge on any atom is -0.345 e. The van der Waals surface area contributed by atoms with Crippen LogP contribution in [0.2, 0.25) is 0 Å². The number of carbonyl (C=O) groups excluding carboxylic acids is 2. The number of rotatable bonds is 7. The Morgan fingerprint density at radius 3 is 2.46 bits per heavy atom. The van der Waals surface area contributed by atoms with Crippen molar-refractivity contribution in [3.63, 3.8) is 0 Å². The Labute approximate surface area is 164 Å². The summed E-state index contributed by atoms with van der Waals surface area (Å²) >= 11 is 0. The molecule has 0 atom stereocenters. The van der Waals surface area contributed by atoms with Crippen LogP contribution in [0.15, 0.2) is 61.1 Å². The lowest BCUT2D eigenvalue weighted by Gasteiger charge is -2.24. The van der Waals surface area contributed by atoms with E-state index in [1.165, 1.54) is 6.92 Å². The van der Waals surface area contributed by atoms with E-state index >= 15 is 0 Å². The molecule has 0 spiro atoms. The van der Waals surface area contributed by atoms with Crippen LogP contribution in [0.1, 0.15) is 18.9 Å². The van der Waals surface area contributed by atoms with Crippen molar-refractivity contribution in [2.75, 3.05) is 25.0 Å². The third kappa shape index (κ3) is 4.71. The first-order valence-electron chi connectivity index (χ1n) is 9.31. The van der Waals surface area contributed by atoms with Crippen LogP contribution >= 0.6 is 0 Å². The third-order valence-electron chi connectivity index (χ3n) is 4.74. The highest BCUT2D eigenvalue weighted by Crippen LogP contribution is 2.25. The number of pyridine rings is 2. The van der Waals surface area contributed by atoms with Crippen LogP contribution in [0.5, 0.6) is 0 Å². The summed E-state index contributed by atoms with van der Waals surface area (Å²) in [5.74, 6) is -0.0982. The van der Waals surface area contributed by atoms with E-state index in [2.05, 4.69) is 9.97 Å². The van der Waals surface area contributed by atoms with E-state index in [-0.39, 0.29) is 18.2 Å². The number of anilines is 1. The highest BCUT2D eigenvalue weighted by molar-refractivity contribution is 6.01. The smallest absolute Gasteiger partial charge is 0.224 e. The monoisotopic (exact) mass is 376 g/mol. The molecule has 1 aromatic carbocycles. The van der Waals surface area contributed by atoms with Crippen LogP contribution in [-0.2, 0) is 16.0 Å². The van der Waals surface area contributed by atoms with Crippen molar-refractivity contribution >= 4 is 28.4 Å². The van der Waals surface area contributed by atoms with Crippen LogP contribution in [-0.4, -0.2) is 46.8 Å². The molecule has 6 nitrogen and oxygen atoms in total. The van der Waals surface area contributed by atoms with Gasteiger partial charge in [0.05, 0.1) is 11.2 Å². The van der Waals surface area contributed by atoms with Crippen molar-refractivity contribution < 1.29 is 9.59 Å². The minimum atomic E-state index is -0.106. The fraction of sp³-hybridized carbons (Fsp3) is 0.273. The number of hydrogen-bond donors (Lipinski definition) is 0. The topological polar surface area (TPSA) is 66.4 Å². The molecule has 6 heteroatoms. The van der Waals surface area contributed by atoms with Crippen molar-refractivity contribution in [3.05, 3.63) is 66.6 Å². The lowest BCUT2D eigenvalue weighted by molar-refractivity contribution is -0.129. The van der Waals surface area contributed by atoms with Gasteiger partial charge in [-0.25, -0.2) is 0 Å². The molecule has 3 aromatic rings. The Morgan fingerprint density at radius 1 is 0.964 bits per heavy atom. The van der Waals surface area contributed by atoms with E-state index < -0.39 is 0 Å². The number of likely N-dealkylation sites (N-methyl/N-ethyl adjacent to an activating group) is 1. The predicted molar refractivity (Wildman–Crippen MR) is 110 cm³/mol. The maximum absolute atomic E-state index is 12.5. The first-order chi connectivity index (χ1) is 13.6. The lowest BCUT2D eigenvalue weighted by atomic mass is 10.1. The summed E-state index contributed by atoms with van der Waals surface area (Å²) in [6.45, 7) is 2.46. The minimum absolute atomic E-state index is 0.00787. The standard InChI is InChI=1S/C22H24N4O2/c1-17(27)26(20-7-3-5-19-6-4-12-24-22(19)20)16-11-21(28)25(2)15-10-18-8-13-23-14-9-18/h3-9,12-14H,10-11,15-16H2,1-2H3. The second kappa shape index (κ2) is 9.08. The molecule has 0 aliphatic rings. The Balaban J connectivity index is 1.64. The molecule has 0 saturated heterocycles. The zero-order valence-electron chi connectivity index (χ0n) is 16.2. The van der Waals surface area contributed by atoms with Gasteiger partial charge < -0.3 is 9.80 Å². The van der Waals surface area contributed by atoms with Gasteiger partial charge in [0, 0.05) is 57.5 Å². The van der Waals surface area contributed by atoms with E-state index in [0.717, 1.165) is 28.6 Å². The average Bonchev–Trinajstić information content (AvgIpc) is 2.72. The molecule has 28 heavy (non-hydrogen) atoms. The molecule has 0 aliphatic carbocycles. The number of fused-ring (bicyclic) bond motifs is 1. The van der Waals surface area contributed by atoms with Gasteiger partial charge in [-0.3, -0.25) is 19.6 Å². The number of aromatic nitrogens is 2. The van der Waals surface area contributed by atoms with Crippen LogP contribution in [0.3, 0.4) is 0 Å². The predicted octanol–water partition coefficient (Wildman–Crippen LogP) is 3.07. The maximum atomic E-state index is 12.5. The fourth-order valence-electron chi connectivity index (χ4n) is 3.12. The second-order valence-electron chi connectivity index (χ2n) is 6.69. The molecule has 0 radical (unpaired) electrons. The van der Waals surface area contributed by atoms with Crippen molar-refractivity contribution in [1.82, 2.24) is 14.9 Å². The highest BCUT2D eigenvalue weighted by atomic mass is 16.2. The molecule has 0 bridgehead atoms. The number of hydrogen-bond acceptors (Lipinski definition) is 4. The Morgan fingerprint density at radius 2 is 1.71 bits per heavy atom. The van der Waals surface area contributed by atoms with Crippen LogP contribution in [0, 0.1) is 0 Å². The van der Waals surface area contributed by atoms with Gasteiger partial charge in [-0.15, -0.1) is 0 Å². The van der Waals surface area contributed by atoms with E-state index in [1.807, 2.05) is 42.5 Å². The molecule has 0 N–H and O–H groups in total. The van der Waals surface area contributed by atoms with Crippen molar-refractivity contribution in [2.24, 2.45) is 0 Å². The van der Waals surface area contributed by atoms with Gasteiger partial charge in [0.1, 0.15) is 0 Å². The van der Waals surface area contributed by atoms with Gasteiger partial charge in [0.15, 0.2) is 0 Å². The summed E-state index contributed by atoms with van der Waals surface area (Å²) in [5.41, 5.74) is 2.64. The number of benzene rings is 1. The molecular formula is C22H24N4O2. The zero-order chi connectivity index (χ0) is 19.9. The third-order valence-corrected chi connectivity index (χ3v) is 4.74. The highest BCUT2D eigenvalue weighted by Gasteiger charge is 2.18. The summed E-state index contributed by atoms with van der Waals surface area (Å²) in [6.07, 6.45) is 6.24. The summed E-state index contributed by atoms with van der Waals surface area (Å²) in [4.78, 5) is 36.5. The number of para-hydroxylation sites is 1. The second-order valence-corrected chi connectivity index (χ2v) is 6.69. The molecular weight excluding hydrogens is 352 g/mol. The molecule has 2 heterocycles. The molecule has 2 amide bonds. The molecule has 0 fully saturated rings. The summed E-state index contributed by atoms with van der Waals surface area (Å²) in [7, 11) is 1.79. The maximum Gasteiger partial charge on any atom is 0.224 e. The number of amides is 2. The lowest BCUT2D eigenvalue weighted by Crippen LogP contribution is -2.35. The fourth-order valence-corrected chi connectivity index (χ4v) is 3.12. The molecule has 0 saturated carbocycles. The molecule has 0 aliphatic heterocycles. The quantitative estimate of drug-likeness (QED) is 0.636. The molecule has 144 valence electrons. The summed E-state index contributed by atoms with van der Waals surface area (Å²) in [6, 6.07) is 13.5. The molecule has 3 rings (SSSR count). The SMILES string of the molecule is CC(=O)N(CCC(=O)N(C)CCc1ccncc1)c1cccc2cccnc12. The number of nitrogens with zero attached hydrogens (tertiary/aromatic N) is 4. The van der Waals surface area contributed by atoms with E-state index in [9.17, 15) is 9.59 Å². The van der Waals surface area contributed by atoms with Crippen molar-refractivity contribution in [3.8, 4) is 0 Å². The van der Waals surface area contributed by atoms with Gasteiger partial charge in [-0.1, -0.05) is 18.2 Å². The van der Waals surface area contributed by atoms with Crippen molar-refractivity contribution in [1.29, 1.82) is 0 Å². The van der Waals surface area contributed by atoms with Crippen LogP contribution < -0.4 is 4.90 Å². The summed E-state index contributed by atoms with van der Waals surface area (Å²) in [5, 5.41) is 0.965.